The van der Waals surface area contributed by atoms with E-state index in [1.54, 1.807) is 52.2 Å². The maximum absolute atomic E-state index is 13.0. The molecule has 0 bridgehead atoms. The SMILES string of the molecule is O=C(CSc1nnc(-c2ccncc2)o1)N1N=C(c2cccs2)CC1c1cccs1. The van der Waals surface area contributed by atoms with Gasteiger partial charge >= 0.3 is 0 Å². The molecule has 0 saturated heterocycles. The molecule has 0 radical (unpaired) electrons. The molecule has 1 amide bonds. The number of amides is 1. The first-order valence-corrected chi connectivity index (χ1v) is 11.9. The largest absolute Gasteiger partial charge is 0.411 e. The highest BCUT2D eigenvalue weighted by Crippen LogP contribution is 2.36. The van der Waals surface area contributed by atoms with Crippen molar-refractivity contribution in [2.75, 3.05) is 5.75 Å². The van der Waals surface area contributed by atoms with Gasteiger partial charge in [0.15, 0.2) is 0 Å². The molecule has 0 saturated carbocycles. The van der Waals surface area contributed by atoms with E-state index in [0.717, 1.165) is 21.0 Å². The second-order valence-corrected chi connectivity index (χ2v) is 9.25. The lowest BCUT2D eigenvalue weighted by Crippen LogP contribution is -2.28. The fourth-order valence-electron chi connectivity index (χ4n) is 3.10. The summed E-state index contributed by atoms with van der Waals surface area (Å²) >= 11 is 4.49. The molecular formula is C20H15N5O2S3. The van der Waals surface area contributed by atoms with E-state index in [-0.39, 0.29) is 17.7 Å². The molecule has 1 aliphatic rings. The zero-order valence-corrected chi connectivity index (χ0v) is 18.0. The smallest absolute Gasteiger partial charge is 0.277 e. The summed E-state index contributed by atoms with van der Waals surface area (Å²) in [5.74, 6) is 0.484. The van der Waals surface area contributed by atoms with E-state index >= 15 is 0 Å². The molecular weight excluding hydrogens is 438 g/mol. The van der Waals surface area contributed by atoms with E-state index in [9.17, 15) is 4.79 Å². The molecule has 0 aromatic carbocycles. The third kappa shape index (κ3) is 3.93. The highest BCUT2D eigenvalue weighted by Gasteiger charge is 2.34. The van der Waals surface area contributed by atoms with E-state index in [2.05, 4.69) is 26.3 Å². The number of hydrogen-bond donors (Lipinski definition) is 0. The van der Waals surface area contributed by atoms with Crippen LogP contribution in [0.3, 0.4) is 0 Å². The van der Waals surface area contributed by atoms with Gasteiger partial charge in [-0.3, -0.25) is 9.78 Å². The molecule has 1 atom stereocenters. The van der Waals surface area contributed by atoms with Gasteiger partial charge in [0.05, 0.1) is 22.4 Å². The summed E-state index contributed by atoms with van der Waals surface area (Å²) in [5, 5.41) is 18.8. The maximum Gasteiger partial charge on any atom is 0.277 e. The summed E-state index contributed by atoms with van der Waals surface area (Å²) in [7, 11) is 0. The minimum atomic E-state index is -0.0892. The van der Waals surface area contributed by atoms with Crippen LogP contribution in [0.2, 0.25) is 0 Å². The Labute approximate surface area is 184 Å². The normalized spacial score (nSPS) is 16.1. The first-order chi connectivity index (χ1) is 14.8. The zero-order valence-electron chi connectivity index (χ0n) is 15.5. The van der Waals surface area contributed by atoms with E-state index in [4.69, 9.17) is 4.42 Å². The van der Waals surface area contributed by atoms with Gasteiger partial charge in [0.25, 0.3) is 11.1 Å². The van der Waals surface area contributed by atoms with Gasteiger partial charge < -0.3 is 4.42 Å². The minimum absolute atomic E-state index is 0.0785. The van der Waals surface area contributed by atoms with Crippen molar-refractivity contribution in [1.29, 1.82) is 0 Å². The van der Waals surface area contributed by atoms with E-state index in [0.29, 0.717) is 17.5 Å². The molecule has 150 valence electrons. The van der Waals surface area contributed by atoms with Crippen molar-refractivity contribution < 1.29 is 9.21 Å². The van der Waals surface area contributed by atoms with Crippen molar-refractivity contribution in [3.63, 3.8) is 0 Å². The first-order valence-electron chi connectivity index (χ1n) is 9.11. The molecule has 4 aromatic heterocycles. The molecule has 0 N–H and O–H groups in total. The van der Waals surface area contributed by atoms with Crippen LogP contribution in [-0.2, 0) is 4.79 Å². The van der Waals surface area contributed by atoms with Crippen molar-refractivity contribution in [3.8, 4) is 11.5 Å². The van der Waals surface area contributed by atoms with E-state index < -0.39 is 0 Å². The summed E-state index contributed by atoms with van der Waals surface area (Å²) in [6.45, 7) is 0. The summed E-state index contributed by atoms with van der Waals surface area (Å²) in [4.78, 5) is 19.2. The van der Waals surface area contributed by atoms with Crippen molar-refractivity contribution in [2.45, 2.75) is 17.7 Å². The summed E-state index contributed by atoms with van der Waals surface area (Å²) in [6.07, 6.45) is 4.04. The number of rotatable bonds is 6. The Balaban J connectivity index is 1.31. The fourth-order valence-corrected chi connectivity index (χ4v) is 5.25. The van der Waals surface area contributed by atoms with Crippen LogP contribution in [0.15, 0.2) is 74.3 Å². The molecule has 30 heavy (non-hydrogen) atoms. The number of pyridine rings is 1. The molecule has 10 heteroatoms. The minimum Gasteiger partial charge on any atom is -0.411 e. The number of nitrogens with zero attached hydrogens (tertiary/aromatic N) is 5. The number of carbonyl (C=O) groups excluding carboxylic acids is 1. The van der Waals surface area contributed by atoms with Crippen LogP contribution >= 0.6 is 34.4 Å². The summed E-state index contributed by atoms with van der Waals surface area (Å²) in [6, 6.07) is 11.6. The van der Waals surface area contributed by atoms with Crippen LogP contribution in [0, 0.1) is 0 Å². The second-order valence-electron chi connectivity index (χ2n) is 6.40. The fraction of sp³-hybridized carbons (Fsp3) is 0.150. The number of hydrogen-bond acceptors (Lipinski definition) is 9. The molecule has 1 unspecified atom stereocenters. The number of thiophene rings is 2. The standard InChI is InChI=1S/C20H15N5O2S3/c26-18(12-30-20-23-22-19(27-20)13-5-7-21-8-6-13)25-15(17-4-2-10-29-17)11-14(24-25)16-3-1-9-28-16/h1-10,15H,11-12H2. The van der Waals surface area contributed by atoms with E-state index in [1.165, 1.54) is 11.8 Å². The molecule has 1 aliphatic heterocycles. The van der Waals surface area contributed by atoms with Gasteiger partial charge in [0, 0.05) is 29.3 Å². The van der Waals surface area contributed by atoms with Gasteiger partial charge in [-0.25, -0.2) is 5.01 Å². The van der Waals surface area contributed by atoms with Gasteiger partial charge in [-0.1, -0.05) is 23.9 Å². The van der Waals surface area contributed by atoms with Crippen LogP contribution in [0.4, 0.5) is 0 Å². The third-order valence-electron chi connectivity index (χ3n) is 4.50. The van der Waals surface area contributed by atoms with Crippen molar-refractivity contribution in [2.24, 2.45) is 5.10 Å². The van der Waals surface area contributed by atoms with Crippen molar-refractivity contribution >= 4 is 46.1 Å². The molecule has 0 aliphatic carbocycles. The van der Waals surface area contributed by atoms with Crippen molar-refractivity contribution in [1.82, 2.24) is 20.2 Å². The van der Waals surface area contributed by atoms with Crippen LogP contribution in [0.1, 0.15) is 22.2 Å². The van der Waals surface area contributed by atoms with Gasteiger partial charge in [-0.15, -0.1) is 32.9 Å². The van der Waals surface area contributed by atoms with Crippen LogP contribution < -0.4 is 0 Å². The molecule has 7 nitrogen and oxygen atoms in total. The first kappa shape index (κ1) is 19.2. The lowest BCUT2D eigenvalue weighted by Gasteiger charge is -2.20. The van der Waals surface area contributed by atoms with Crippen LogP contribution in [0.25, 0.3) is 11.5 Å². The van der Waals surface area contributed by atoms with Gasteiger partial charge in [-0.2, -0.15) is 5.10 Å². The monoisotopic (exact) mass is 453 g/mol. The molecule has 0 spiro atoms. The zero-order chi connectivity index (χ0) is 20.3. The molecule has 0 fully saturated rings. The summed E-state index contributed by atoms with van der Waals surface area (Å²) in [5.41, 5.74) is 1.73. The summed E-state index contributed by atoms with van der Waals surface area (Å²) < 4.78 is 5.67. The topological polar surface area (TPSA) is 84.5 Å². The second kappa shape index (κ2) is 8.50. The lowest BCUT2D eigenvalue weighted by atomic mass is 10.1. The number of aromatic nitrogens is 3. The highest BCUT2D eigenvalue weighted by molar-refractivity contribution is 7.99. The average Bonchev–Trinajstić information content (AvgIpc) is 3.57. The Morgan fingerprint density at radius 2 is 1.97 bits per heavy atom. The van der Waals surface area contributed by atoms with E-state index in [1.807, 2.05) is 29.0 Å². The number of carbonyl (C=O) groups is 1. The Morgan fingerprint density at radius 1 is 1.13 bits per heavy atom. The average molecular weight is 454 g/mol. The number of hydrazone groups is 1. The predicted molar refractivity (Wildman–Crippen MR) is 118 cm³/mol. The quantitative estimate of drug-likeness (QED) is 0.393. The Hall–Kier alpha value is -2.82. The Morgan fingerprint density at radius 3 is 2.73 bits per heavy atom. The van der Waals surface area contributed by atoms with Crippen molar-refractivity contribution in [3.05, 3.63) is 69.3 Å². The Bertz CT molecular complexity index is 1160. The lowest BCUT2D eigenvalue weighted by molar-refractivity contribution is -0.130. The predicted octanol–water partition coefficient (Wildman–Crippen LogP) is 4.72. The van der Waals surface area contributed by atoms with Gasteiger partial charge in [0.2, 0.25) is 5.89 Å². The van der Waals surface area contributed by atoms with Crippen LogP contribution in [-0.4, -0.2) is 37.6 Å². The van der Waals surface area contributed by atoms with Gasteiger partial charge in [-0.05, 0) is 35.0 Å². The Kier molecular flexibility index (Phi) is 5.43. The molecule has 5 rings (SSSR count). The maximum atomic E-state index is 13.0. The molecule has 4 aromatic rings. The van der Waals surface area contributed by atoms with Crippen LogP contribution in [0.5, 0.6) is 0 Å². The highest BCUT2D eigenvalue weighted by atomic mass is 32.2. The van der Waals surface area contributed by atoms with Gasteiger partial charge in [0.1, 0.15) is 0 Å². The third-order valence-corrected chi connectivity index (χ3v) is 7.19. The molecule has 5 heterocycles. The number of thioether (sulfide) groups is 1.